The Balaban J connectivity index is 0.00000100. The topological polar surface area (TPSA) is 188 Å². The molecule has 0 radical (unpaired) electrons. The first-order valence-corrected chi connectivity index (χ1v) is 18.1. The predicted octanol–water partition coefficient (Wildman–Crippen LogP) is 4.21. The first-order chi connectivity index (χ1) is 24.5. The third-order valence-electron chi connectivity index (χ3n) is 7.80. The summed E-state index contributed by atoms with van der Waals surface area (Å²) in [6, 6.07) is 10.1. The number of pyridine rings is 2. The maximum absolute atomic E-state index is 11.6. The van der Waals surface area contributed by atoms with Gasteiger partial charge in [0.15, 0.2) is 0 Å². The highest BCUT2D eigenvalue weighted by Crippen LogP contribution is 2.26. The van der Waals surface area contributed by atoms with Crippen LogP contribution in [-0.2, 0) is 25.5 Å². The molecule has 1 saturated heterocycles. The molecule has 15 heteroatoms. The monoisotopic (exact) mass is 733 g/mol. The number of aromatic nitrogens is 2. The summed E-state index contributed by atoms with van der Waals surface area (Å²) in [5, 5.41) is 37.4. The Bertz CT molecular complexity index is 1320. The zero-order valence-corrected chi connectivity index (χ0v) is 31.2. The molecular weight excluding hydrogens is 678 g/mol. The summed E-state index contributed by atoms with van der Waals surface area (Å²) < 4.78 is 23.2. The van der Waals surface area contributed by atoms with Crippen molar-refractivity contribution in [2.75, 3.05) is 85.6 Å². The Morgan fingerprint density at radius 1 is 0.824 bits per heavy atom. The lowest BCUT2D eigenvalue weighted by molar-refractivity contribution is 0.0000970. The van der Waals surface area contributed by atoms with Gasteiger partial charge in [-0.15, -0.1) is 0 Å². The molecule has 1 aliphatic rings. The smallest absolute Gasteiger partial charge is 0.354 e. The molecule has 2 aromatic rings. The van der Waals surface area contributed by atoms with Crippen LogP contribution >= 0.6 is 11.8 Å². The molecule has 1 fully saturated rings. The van der Waals surface area contributed by atoms with Crippen molar-refractivity contribution >= 4 is 23.7 Å². The second-order valence-corrected chi connectivity index (χ2v) is 14.4. The van der Waals surface area contributed by atoms with Crippen LogP contribution in [0.1, 0.15) is 78.9 Å². The molecule has 0 aliphatic carbocycles. The molecule has 3 rings (SSSR count). The Morgan fingerprint density at radius 3 is 1.80 bits per heavy atom. The van der Waals surface area contributed by atoms with Gasteiger partial charge in [0.1, 0.15) is 16.8 Å². The Kier molecular flexibility index (Phi) is 21.5. The van der Waals surface area contributed by atoms with E-state index in [1.54, 1.807) is 12.1 Å². The van der Waals surface area contributed by atoms with Crippen molar-refractivity contribution in [3.8, 4) is 5.40 Å². The molecule has 51 heavy (non-hydrogen) atoms. The summed E-state index contributed by atoms with van der Waals surface area (Å²) in [6.07, 6.45) is 1.81. The van der Waals surface area contributed by atoms with E-state index in [-0.39, 0.29) is 28.8 Å². The van der Waals surface area contributed by atoms with Crippen LogP contribution in [0.2, 0.25) is 0 Å². The third-order valence-corrected chi connectivity index (χ3v) is 8.57. The number of hydrogen-bond donors (Lipinski definition) is 3. The molecule has 1 aliphatic heterocycles. The number of carboxylic acids is 2. The van der Waals surface area contributed by atoms with E-state index in [1.807, 2.05) is 31.4 Å². The van der Waals surface area contributed by atoms with Crippen LogP contribution in [0.25, 0.3) is 0 Å². The van der Waals surface area contributed by atoms with E-state index < -0.39 is 11.9 Å². The molecular formula is C36H55N5O9S. The number of aliphatic hydroxyl groups is 1. The molecule has 2 aromatic heterocycles. The number of nitrogens with zero attached hydrogens (tertiary/aromatic N) is 5. The molecule has 3 heterocycles. The highest BCUT2D eigenvalue weighted by molar-refractivity contribution is 8.05. The summed E-state index contributed by atoms with van der Waals surface area (Å²) in [7, 11) is 0. The Labute approximate surface area is 306 Å². The minimum absolute atomic E-state index is 0.0236. The quantitative estimate of drug-likeness (QED) is 0.279. The fourth-order valence-corrected chi connectivity index (χ4v) is 5.24. The maximum Gasteiger partial charge on any atom is 0.354 e. The number of rotatable bonds is 11. The van der Waals surface area contributed by atoms with Crippen LogP contribution in [0.15, 0.2) is 36.4 Å². The fourth-order valence-electron chi connectivity index (χ4n) is 4.92. The second kappa shape index (κ2) is 24.9. The van der Waals surface area contributed by atoms with Crippen molar-refractivity contribution in [3.63, 3.8) is 0 Å². The van der Waals surface area contributed by atoms with Crippen LogP contribution in [-0.4, -0.2) is 137 Å². The SMILES string of the molecule is CC(C)(CO)SC#N.CC(C)CCC(c1cccc(C(=O)O)n1)N1CCOCCOCCN(Cc2cccc(C(=O)O)n2)CCOCCOCC1. The molecule has 0 spiro atoms. The highest BCUT2D eigenvalue weighted by atomic mass is 32.2. The van der Waals surface area contributed by atoms with Gasteiger partial charge in [0.05, 0.1) is 76.9 Å². The number of thiocyanates is 1. The molecule has 0 amide bonds. The Morgan fingerprint density at radius 2 is 1.33 bits per heavy atom. The lowest BCUT2D eigenvalue weighted by Gasteiger charge is -2.32. The van der Waals surface area contributed by atoms with Gasteiger partial charge >= 0.3 is 11.9 Å². The van der Waals surface area contributed by atoms with Gasteiger partial charge in [0.2, 0.25) is 0 Å². The van der Waals surface area contributed by atoms with Crippen LogP contribution in [0.3, 0.4) is 0 Å². The number of aliphatic hydroxyl groups excluding tert-OH is 1. The normalized spacial score (nSPS) is 17.3. The van der Waals surface area contributed by atoms with Gasteiger partial charge in [0, 0.05) is 37.5 Å². The van der Waals surface area contributed by atoms with Gasteiger partial charge in [-0.3, -0.25) is 9.80 Å². The van der Waals surface area contributed by atoms with Gasteiger partial charge in [-0.2, -0.15) is 5.26 Å². The van der Waals surface area contributed by atoms with E-state index in [1.165, 1.54) is 12.1 Å². The first kappa shape index (κ1) is 44.0. The fraction of sp³-hybridized carbons (Fsp3) is 0.639. The van der Waals surface area contributed by atoms with E-state index in [0.717, 1.165) is 30.3 Å². The zero-order chi connectivity index (χ0) is 37.5. The number of hydrogen-bond acceptors (Lipinski definition) is 13. The van der Waals surface area contributed by atoms with Gasteiger partial charge in [-0.05, 0) is 68.6 Å². The zero-order valence-electron chi connectivity index (χ0n) is 30.4. The lowest BCUT2D eigenvalue weighted by Crippen LogP contribution is -2.36. The summed E-state index contributed by atoms with van der Waals surface area (Å²) >= 11 is 1.09. The number of carbonyl (C=O) groups is 2. The van der Waals surface area contributed by atoms with E-state index in [9.17, 15) is 19.8 Å². The summed E-state index contributed by atoms with van der Waals surface area (Å²) in [5.41, 5.74) is 1.48. The standard InChI is InChI=1S/C31H46N4O8.C5H9NOS/c1-24(2)9-10-29(26-6-4-8-28(33-26)31(38)39)35-13-17-42-21-19-40-15-11-34(12-16-41-20-22-43-18-14-35)23-25-5-3-7-27(32-25)30(36)37;1-5(2,3-7)8-4-6/h3-8,24,29H,9-23H2,1-2H3,(H,36,37)(H,38,39);7H,3H2,1-2H3. The molecule has 0 saturated carbocycles. The number of aromatic carboxylic acids is 2. The summed E-state index contributed by atoms with van der Waals surface area (Å²) in [4.78, 5) is 36.0. The maximum atomic E-state index is 11.6. The van der Waals surface area contributed by atoms with Gasteiger partial charge < -0.3 is 34.3 Å². The Hall–Kier alpha value is -3.20. The molecule has 284 valence electrons. The summed E-state index contributed by atoms with van der Waals surface area (Å²) in [5.74, 6) is -1.59. The molecule has 1 atom stereocenters. The van der Waals surface area contributed by atoms with E-state index in [2.05, 4.69) is 33.6 Å². The second-order valence-electron chi connectivity index (χ2n) is 12.9. The largest absolute Gasteiger partial charge is 0.477 e. The number of ether oxygens (including phenoxy) is 4. The lowest BCUT2D eigenvalue weighted by atomic mass is 9.99. The number of carboxylic acid groups (broad SMARTS) is 2. The van der Waals surface area contributed by atoms with Crippen molar-refractivity contribution in [3.05, 3.63) is 59.2 Å². The van der Waals surface area contributed by atoms with Gasteiger partial charge in [-0.1, -0.05) is 26.0 Å². The minimum atomic E-state index is -1.05. The van der Waals surface area contributed by atoms with Crippen LogP contribution < -0.4 is 0 Å². The van der Waals surface area contributed by atoms with Crippen LogP contribution in [0, 0.1) is 16.6 Å². The molecule has 0 aromatic carbocycles. The number of thioether (sulfide) groups is 1. The predicted molar refractivity (Wildman–Crippen MR) is 194 cm³/mol. The van der Waals surface area contributed by atoms with E-state index in [0.29, 0.717) is 97.2 Å². The van der Waals surface area contributed by atoms with Crippen molar-refractivity contribution in [1.29, 1.82) is 5.26 Å². The number of nitriles is 1. The van der Waals surface area contributed by atoms with Gasteiger partial charge in [0.25, 0.3) is 0 Å². The van der Waals surface area contributed by atoms with Crippen LogP contribution in [0.5, 0.6) is 0 Å². The first-order valence-electron chi connectivity index (χ1n) is 17.3. The van der Waals surface area contributed by atoms with Crippen molar-refractivity contribution < 1.29 is 43.9 Å². The molecule has 1 unspecified atom stereocenters. The van der Waals surface area contributed by atoms with Gasteiger partial charge in [-0.25, -0.2) is 19.6 Å². The molecule has 3 N–H and O–H groups in total. The average molecular weight is 734 g/mol. The molecule has 0 bridgehead atoms. The van der Waals surface area contributed by atoms with E-state index in [4.69, 9.17) is 29.3 Å². The van der Waals surface area contributed by atoms with Crippen molar-refractivity contribution in [1.82, 2.24) is 19.8 Å². The summed E-state index contributed by atoms with van der Waals surface area (Å²) in [6.45, 7) is 14.8. The average Bonchev–Trinajstić information content (AvgIpc) is 3.10. The minimum Gasteiger partial charge on any atom is -0.477 e. The van der Waals surface area contributed by atoms with Crippen molar-refractivity contribution in [2.24, 2.45) is 5.92 Å². The van der Waals surface area contributed by atoms with Crippen molar-refractivity contribution in [2.45, 2.75) is 57.9 Å². The third kappa shape index (κ3) is 18.7. The highest BCUT2D eigenvalue weighted by Gasteiger charge is 2.23. The van der Waals surface area contributed by atoms with Crippen LogP contribution in [0.4, 0.5) is 0 Å². The van der Waals surface area contributed by atoms with E-state index >= 15 is 0 Å². The molecule has 14 nitrogen and oxygen atoms in total.